The number of nitrogens with one attached hydrogen (secondary N) is 2. The number of aromatic amines is 2. The number of nitro benzene ring substituents is 2. The van der Waals surface area contributed by atoms with Crippen molar-refractivity contribution < 1.29 is 9.85 Å². The zero-order chi connectivity index (χ0) is 31.9. The average molecular weight is 653 g/mol. The number of unbranched alkanes of at least 4 members (excludes halogenated alkanes) is 4. The van der Waals surface area contributed by atoms with Crippen LogP contribution < -0.4 is 11.2 Å². The van der Waals surface area contributed by atoms with Crippen molar-refractivity contribution in [3.05, 3.63) is 89.2 Å². The zero-order valence-electron chi connectivity index (χ0n) is 24.6. The van der Waals surface area contributed by atoms with Gasteiger partial charge in [0.25, 0.3) is 16.9 Å². The standard InChI is InChI=1S/C29H32N8O6S2/c1-19-16-26(38)35(13-5-3-7-15-45-28-31-23-11-9-21(37(42)43)18-25(23)33-28)29(39)34(19)12-4-2-6-14-44-27-30-22-10-8-20(36(40)41)17-24(22)32-27/h8-11,16-18H,2-7,12-15H2,1H3,(H,30,32)(H,31,33). The van der Waals surface area contributed by atoms with Crippen LogP contribution in [-0.2, 0) is 13.1 Å². The molecule has 3 heterocycles. The van der Waals surface area contributed by atoms with Gasteiger partial charge >= 0.3 is 5.69 Å². The number of aryl methyl sites for hydroxylation is 1. The molecule has 0 aliphatic heterocycles. The van der Waals surface area contributed by atoms with E-state index in [9.17, 15) is 29.8 Å². The molecule has 5 aromatic rings. The highest BCUT2D eigenvalue weighted by Crippen LogP contribution is 2.25. The number of hydrogen-bond acceptors (Lipinski definition) is 10. The third-order valence-corrected chi connectivity index (χ3v) is 9.24. The summed E-state index contributed by atoms with van der Waals surface area (Å²) in [5, 5.41) is 23.4. The largest absolute Gasteiger partial charge is 0.333 e. The minimum atomic E-state index is -0.436. The molecule has 2 aromatic carbocycles. The van der Waals surface area contributed by atoms with Crippen molar-refractivity contribution >= 4 is 57.0 Å². The van der Waals surface area contributed by atoms with Crippen molar-refractivity contribution in [3.8, 4) is 0 Å². The first-order valence-corrected chi connectivity index (χ1v) is 16.5. The number of imidazole rings is 2. The van der Waals surface area contributed by atoms with Crippen LogP contribution in [0.2, 0.25) is 0 Å². The van der Waals surface area contributed by atoms with Crippen LogP contribution in [0.1, 0.15) is 44.2 Å². The van der Waals surface area contributed by atoms with Gasteiger partial charge in [-0.2, -0.15) is 0 Å². The first kappa shape index (κ1) is 32.0. The molecule has 16 heteroatoms. The van der Waals surface area contributed by atoms with Gasteiger partial charge in [-0.05, 0) is 44.7 Å². The molecule has 45 heavy (non-hydrogen) atoms. The maximum absolute atomic E-state index is 13.1. The van der Waals surface area contributed by atoms with Crippen LogP contribution in [0.15, 0.2) is 62.4 Å². The lowest BCUT2D eigenvalue weighted by molar-refractivity contribution is -0.384. The Bertz CT molecular complexity index is 1960. The fourth-order valence-electron chi connectivity index (χ4n) is 4.95. The molecule has 0 unspecified atom stereocenters. The van der Waals surface area contributed by atoms with Crippen molar-refractivity contribution in [2.24, 2.45) is 0 Å². The van der Waals surface area contributed by atoms with Gasteiger partial charge in [-0.15, -0.1) is 0 Å². The fraction of sp³-hybridized carbons (Fsp3) is 0.379. The number of nitrogens with zero attached hydrogens (tertiary/aromatic N) is 6. The van der Waals surface area contributed by atoms with E-state index in [1.165, 1.54) is 46.7 Å². The second-order valence-electron chi connectivity index (χ2n) is 10.5. The average Bonchev–Trinajstić information content (AvgIpc) is 3.61. The van der Waals surface area contributed by atoms with Gasteiger partial charge in [0, 0.05) is 60.6 Å². The highest BCUT2D eigenvalue weighted by atomic mass is 32.2. The maximum atomic E-state index is 13.1. The molecular formula is C29H32N8O6S2. The molecule has 0 spiro atoms. The minimum absolute atomic E-state index is 0.0153. The number of aromatic nitrogens is 6. The lowest BCUT2D eigenvalue weighted by atomic mass is 10.2. The monoisotopic (exact) mass is 652 g/mol. The van der Waals surface area contributed by atoms with E-state index in [1.54, 1.807) is 35.4 Å². The minimum Gasteiger partial charge on any atom is -0.333 e. The highest BCUT2D eigenvalue weighted by Gasteiger charge is 2.12. The van der Waals surface area contributed by atoms with E-state index in [2.05, 4.69) is 19.9 Å². The molecule has 0 bridgehead atoms. The molecule has 0 amide bonds. The van der Waals surface area contributed by atoms with Crippen LogP contribution in [0.4, 0.5) is 11.4 Å². The van der Waals surface area contributed by atoms with Crippen molar-refractivity contribution in [3.63, 3.8) is 0 Å². The SMILES string of the molecule is Cc1cc(=O)n(CCCCCSc2nc3ccc([N+](=O)[O-])cc3[nH]2)c(=O)n1CCCCCSc1nc2ccc([N+](=O)[O-])cc2[nH]1. The van der Waals surface area contributed by atoms with Gasteiger partial charge < -0.3 is 9.97 Å². The quantitative estimate of drug-likeness (QED) is 0.0569. The number of rotatable bonds is 16. The molecule has 0 fully saturated rings. The van der Waals surface area contributed by atoms with E-state index < -0.39 is 9.85 Å². The molecule has 236 valence electrons. The smallest absolute Gasteiger partial charge is 0.331 e. The molecule has 0 saturated carbocycles. The summed E-state index contributed by atoms with van der Waals surface area (Å²) in [6.07, 6.45) is 4.97. The third-order valence-electron chi connectivity index (χ3n) is 7.32. The van der Waals surface area contributed by atoms with Crippen LogP contribution in [0.25, 0.3) is 22.1 Å². The lowest BCUT2D eigenvalue weighted by Crippen LogP contribution is -2.40. The first-order chi connectivity index (χ1) is 21.7. The topological polar surface area (TPSA) is 188 Å². The molecule has 3 aromatic heterocycles. The molecule has 0 aliphatic rings. The van der Waals surface area contributed by atoms with Gasteiger partial charge in [0.1, 0.15) is 0 Å². The maximum Gasteiger partial charge on any atom is 0.331 e. The van der Waals surface area contributed by atoms with Crippen LogP contribution in [0, 0.1) is 27.2 Å². The second-order valence-corrected chi connectivity index (χ2v) is 12.7. The lowest BCUT2D eigenvalue weighted by Gasteiger charge is -2.13. The summed E-state index contributed by atoms with van der Waals surface area (Å²) in [5.74, 6) is 1.60. The second kappa shape index (κ2) is 14.6. The number of benzene rings is 2. The van der Waals surface area contributed by atoms with Crippen LogP contribution in [0.3, 0.4) is 0 Å². The van der Waals surface area contributed by atoms with E-state index in [4.69, 9.17) is 0 Å². The first-order valence-electron chi connectivity index (χ1n) is 14.5. The van der Waals surface area contributed by atoms with E-state index in [0.29, 0.717) is 57.6 Å². The Morgan fingerprint density at radius 3 is 1.69 bits per heavy atom. The predicted molar refractivity (Wildman–Crippen MR) is 174 cm³/mol. The molecule has 0 atom stereocenters. The van der Waals surface area contributed by atoms with Crippen molar-refractivity contribution in [1.29, 1.82) is 0 Å². The van der Waals surface area contributed by atoms with Gasteiger partial charge in [-0.1, -0.05) is 36.4 Å². The molecule has 2 N–H and O–H groups in total. The molecule has 0 radical (unpaired) electrons. The highest BCUT2D eigenvalue weighted by molar-refractivity contribution is 7.99. The molecule has 0 saturated heterocycles. The Labute approximate surface area is 265 Å². The summed E-state index contributed by atoms with van der Waals surface area (Å²) < 4.78 is 2.98. The molecule has 5 rings (SSSR count). The Kier molecular flexibility index (Phi) is 10.3. The number of H-pyrrole nitrogens is 2. The van der Waals surface area contributed by atoms with Gasteiger partial charge in [-0.3, -0.25) is 34.2 Å². The number of hydrogen-bond donors (Lipinski definition) is 2. The Morgan fingerprint density at radius 1 is 0.711 bits per heavy atom. The van der Waals surface area contributed by atoms with E-state index in [0.717, 1.165) is 43.6 Å². The Balaban J connectivity index is 1.03. The van der Waals surface area contributed by atoms with E-state index in [-0.39, 0.29) is 22.6 Å². The summed E-state index contributed by atoms with van der Waals surface area (Å²) in [5.41, 5.74) is 2.75. The Morgan fingerprint density at radius 2 is 1.20 bits per heavy atom. The number of nitro groups is 2. The van der Waals surface area contributed by atoms with Crippen LogP contribution in [-0.4, -0.2) is 50.4 Å². The fourth-order valence-corrected chi connectivity index (χ4v) is 6.72. The van der Waals surface area contributed by atoms with Crippen LogP contribution >= 0.6 is 23.5 Å². The summed E-state index contributed by atoms with van der Waals surface area (Å²) in [4.78, 5) is 62.0. The molecule has 0 aliphatic carbocycles. The summed E-state index contributed by atoms with van der Waals surface area (Å²) >= 11 is 3.09. The number of thioether (sulfide) groups is 2. The number of fused-ring (bicyclic) bond motifs is 2. The summed E-state index contributed by atoms with van der Waals surface area (Å²) in [7, 11) is 0. The summed E-state index contributed by atoms with van der Waals surface area (Å²) in [6, 6.07) is 10.6. The predicted octanol–water partition coefficient (Wildman–Crippen LogP) is 5.81. The number of non-ortho nitro benzene ring substituents is 2. The molecular weight excluding hydrogens is 621 g/mol. The van der Waals surface area contributed by atoms with E-state index >= 15 is 0 Å². The normalized spacial score (nSPS) is 11.5. The van der Waals surface area contributed by atoms with Gasteiger partial charge in [0.05, 0.1) is 31.9 Å². The van der Waals surface area contributed by atoms with Crippen LogP contribution in [0.5, 0.6) is 0 Å². The van der Waals surface area contributed by atoms with Crippen molar-refractivity contribution in [2.45, 2.75) is 68.9 Å². The van der Waals surface area contributed by atoms with Gasteiger partial charge in [-0.25, -0.2) is 14.8 Å². The molecule has 14 nitrogen and oxygen atoms in total. The van der Waals surface area contributed by atoms with Gasteiger partial charge in [0.2, 0.25) is 0 Å². The Hall–Kier alpha value is -4.44. The van der Waals surface area contributed by atoms with Gasteiger partial charge in [0.15, 0.2) is 10.3 Å². The van der Waals surface area contributed by atoms with Crippen molar-refractivity contribution in [2.75, 3.05) is 11.5 Å². The zero-order valence-corrected chi connectivity index (χ0v) is 26.2. The van der Waals surface area contributed by atoms with Crippen molar-refractivity contribution in [1.82, 2.24) is 29.1 Å². The summed E-state index contributed by atoms with van der Waals surface area (Å²) in [6.45, 7) is 2.66. The third kappa shape index (κ3) is 7.99. The van der Waals surface area contributed by atoms with E-state index in [1.807, 2.05) is 0 Å².